The molecule has 0 radical (unpaired) electrons. The van der Waals surface area contributed by atoms with E-state index in [4.69, 9.17) is 19.2 Å². The summed E-state index contributed by atoms with van der Waals surface area (Å²) >= 11 is 0. The average molecular weight is 638 g/mol. The molecule has 11 heteroatoms. The van der Waals surface area contributed by atoms with Gasteiger partial charge in [0.1, 0.15) is 36.0 Å². The van der Waals surface area contributed by atoms with Crippen LogP contribution in [0.5, 0.6) is 11.5 Å². The van der Waals surface area contributed by atoms with Gasteiger partial charge >= 0.3 is 6.09 Å². The predicted octanol–water partition coefficient (Wildman–Crippen LogP) is 7.12. The molecule has 47 heavy (non-hydrogen) atoms. The van der Waals surface area contributed by atoms with Crippen LogP contribution in [0.25, 0.3) is 33.2 Å². The second kappa shape index (κ2) is 13.5. The van der Waals surface area contributed by atoms with Crippen molar-refractivity contribution >= 4 is 33.7 Å². The summed E-state index contributed by atoms with van der Waals surface area (Å²) in [5.41, 5.74) is 1.88. The van der Waals surface area contributed by atoms with Gasteiger partial charge in [0, 0.05) is 24.5 Å². The van der Waals surface area contributed by atoms with Crippen LogP contribution in [0.1, 0.15) is 38.3 Å². The minimum absolute atomic E-state index is 0.0627. The topological polar surface area (TPSA) is 123 Å². The molecule has 0 aliphatic rings. The lowest BCUT2D eigenvalue weighted by Crippen LogP contribution is -2.28. The molecule has 1 unspecified atom stereocenters. The van der Waals surface area contributed by atoms with Crippen molar-refractivity contribution in [1.82, 2.24) is 14.5 Å². The van der Waals surface area contributed by atoms with Gasteiger partial charge in [-0.25, -0.2) is 23.7 Å². The third-order valence-electron chi connectivity index (χ3n) is 7.24. The predicted molar refractivity (Wildman–Crippen MR) is 178 cm³/mol. The molecule has 0 fully saturated rings. The van der Waals surface area contributed by atoms with E-state index in [9.17, 15) is 15.2 Å². The number of aliphatic hydroxyl groups is 1. The van der Waals surface area contributed by atoms with Crippen molar-refractivity contribution in [3.63, 3.8) is 0 Å². The second-order valence-corrected chi connectivity index (χ2v) is 12.0. The summed E-state index contributed by atoms with van der Waals surface area (Å²) in [6.07, 6.45) is 0.101. The Balaban J connectivity index is 1.72. The fourth-order valence-corrected chi connectivity index (χ4v) is 5.30. The molecule has 2 heterocycles. The molecule has 10 nitrogen and oxygen atoms in total. The molecule has 5 aromatic rings. The van der Waals surface area contributed by atoms with Gasteiger partial charge in [-0.2, -0.15) is 5.26 Å². The normalized spacial score (nSPS) is 12.0. The van der Waals surface area contributed by atoms with Gasteiger partial charge in [0.2, 0.25) is 0 Å². The molecule has 0 saturated carbocycles. The summed E-state index contributed by atoms with van der Waals surface area (Å²) in [7, 11) is 1.77. The van der Waals surface area contributed by atoms with Crippen molar-refractivity contribution in [3.05, 3.63) is 90.5 Å². The molecule has 0 amide bonds. The number of carbonyl (C=O) groups excluding carboxylic acids is 1. The van der Waals surface area contributed by atoms with Gasteiger partial charge in [0.25, 0.3) is 0 Å². The Morgan fingerprint density at radius 3 is 2.55 bits per heavy atom. The first-order chi connectivity index (χ1) is 22.4. The van der Waals surface area contributed by atoms with Crippen LogP contribution < -0.4 is 14.4 Å². The number of aryl methyl sites for hydroxylation is 1. The Morgan fingerprint density at radius 1 is 1.13 bits per heavy atom. The summed E-state index contributed by atoms with van der Waals surface area (Å²) in [6.45, 7) is 10.8. The van der Waals surface area contributed by atoms with Gasteiger partial charge in [0.15, 0.2) is 23.8 Å². The van der Waals surface area contributed by atoms with Crippen molar-refractivity contribution in [1.29, 1.82) is 5.26 Å². The van der Waals surface area contributed by atoms with Crippen LogP contribution in [-0.4, -0.2) is 58.1 Å². The van der Waals surface area contributed by atoms with Gasteiger partial charge in [-0.1, -0.05) is 36.4 Å². The number of benzene rings is 3. The SMILES string of the molecule is C=CCN(C)c1cc(F)cc2c3c(-c4ccc(OCC(O)c5ccccc5)c(OCC#N)c4)nc(C)nc3n(C(=O)OC(C)(C)C)c12. The van der Waals surface area contributed by atoms with Gasteiger partial charge in [0.05, 0.1) is 22.3 Å². The van der Waals surface area contributed by atoms with Gasteiger partial charge in [-0.15, -0.1) is 6.58 Å². The maximum Gasteiger partial charge on any atom is 0.420 e. The lowest BCUT2D eigenvalue weighted by Gasteiger charge is -2.22. The van der Waals surface area contributed by atoms with Gasteiger partial charge in [-0.05, 0) is 63.6 Å². The third kappa shape index (κ3) is 7.03. The Morgan fingerprint density at radius 2 is 1.87 bits per heavy atom. The van der Waals surface area contributed by atoms with Crippen molar-refractivity contribution < 1.29 is 28.5 Å². The number of nitriles is 1. The number of aliphatic hydroxyl groups excluding tert-OH is 1. The van der Waals surface area contributed by atoms with Crippen LogP contribution in [0.4, 0.5) is 14.9 Å². The Labute approximate surface area is 272 Å². The molecule has 242 valence electrons. The van der Waals surface area contributed by atoms with E-state index in [1.165, 1.54) is 16.7 Å². The highest BCUT2D eigenvalue weighted by atomic mass is 19.1. The summed E-state index contributed by atoms with van der Waals surface area (Å²) in [5.74, 6) is 0.378. The molecular weight excluding hydrogens is 601 g/mol. The van der Waals surface area contributed by atoms with E-state index in [1.54, 1.807) is 76.1 Å². The van der Waals surface area contributed by atoms with Gasteiger partial charge in [-0.3, -0.25) is 0 Å². The molecule has 1 atom stereocenters. The third-order valence-corrected chi connectivity index (χ3v) is 7.24. The highest BCUT2D eigenvalue weighted by molar-refractivity contribution is 6.19. The van der Waals surface area contributed by atoms with E-state index in [0.29, 0.717) is 56.9 Å². The van der Waals surface area contributed by atoms with Crippen molar-refractivity contribution in [3.8, 4) is 28.8 Å². The minimum Gasteiger partial charge on any atom is -0.487 e. The number of fused-ring (bicyclic) bond motifs is 3. The monoisotopic (exact) mass is 637 g/mol. The van der Waals surface area contributed by atoms with E-state index < -0.39 is 23.6 Å². The number of rotatable bonds is 10. The molecule has 5 rings (SSSR count). The Kier molecular flexibility index (Phi) is 9.44. The highest BCUT2D eigenvalue weighted by Gasteiger charge is 2.29. The molecule has 0 bridgehead atoms. The molecule has 2 aromatic heterocycles. The molecule has 0 spiro atoms. The number of hydrogen-bond acceptors (Lipinski definition) is 9. The van der Waals surface area contributed by atoms with Crippen LogP contribution >= 0.6 is 0 Å². The van der Waals surface area contributed by atoms with Crippen LogP contribution in [0.3, 0.4) is 0 Å². The van der Waals surface area contributed by atoms with Crippen LogP contribution in [0.2, 0.25) is 0 Å². The smallest absolute Gasteiger partial charge is 0.420 e. The highest BCUT2D eigenvalue weighted by Crippen LogP contribution is 2.42. The Bertz CT molecular complexity index is 2000. The van der Waals surface area contributed by atoms with E-state index in [2.05, 4.69) is 11.6 Å². The van der Waals surface area contributed by atoms with E-state index in [-0.39, 0.29) is 24.6 Å². The minimum atomic E-state index is -0.897. The van der Waals surface area contributed by atoms with E-state index >= 15 is 4.39 Å². The second-order valence-electron chi connectivity index (χ2n) is 12.0. The van der Waals surface area contributed by atoms with Gasteiger partial charge < -0.3 is 24.2 Å². The molecule has 0 aliphatic heterocycles. The summed E-state index contributed by atoms with van der Waals surface area (Å²) in [4.78, 5) is 25.0. The number of ether oxygens (including phenoxy) is 3. The summed E-state index contributed by atoms with van der Waals surface area (Å²) in [6, 6.07) is 18.8. The molecule has 0 saturated heterocycles. The average Bonchev–Trinajstić information content (AvgIpc) is 3.35. The fraction of sp³-hybridized carbons (Fsp3) is 0.278. The number of halogens is 1. The number of anilines is 1. The fourth-order valence-electron chi connectivity index (χ4n) is 5.30. The number of likely N-dealkylation sites (N-methyl/N-ethyl adjacent to an activating group) is 1. The first kappa shape index (κ1) is 32.9. The van der Waals surface area contributed by atoms with Crippen molar-refractivity contribution in [2.45, 2.75) is 39.4 Å². The zero-order valence-electron chi connectivity index (χ0n) is 27.0. The molecule has 0 aliphatic carbocycles. The van der Waals surface area contributed by atoms with Crippen LogP contribution in [0.15, 0.2) is 73.3 Å². The molecule has 3 aromatic carbocycles. The Hall–Kier alpha value is -5.47. The summed E-state index contributed by atoms with van der Waals surface area (Å²) < 4.78 is 34.2. The maximum atomic E-state index is 15.3. The van der Waals surface area contributed by atoms with Crippen LogP contribution in [0, 0.1) is 24.1 Å². The number of aromatic nitrogens is 3. The quantitative estimate of drug-likeness (QED) is 0.160. The van der Waals surface area contributed by atoms with E-state index in [1.807, 2.05) is 24.3 Å². The largest absolute Gasteiger partial charge is 0.487 e. The number of carbonyl (C=O) groups is 1. The molecule has 1 N–H and O–H groups in total. The maximum absolute atomic E-state index is 15.3. The first-order valence-electron chi connectivity index (χ1n) is 15.0. The zero-order valence-corrected chi connectivity index (χ0v) is 27.0. The first-order valence-corrected chi connectivity index (χ1v) is 15.0. The number of hydrogen-bond donors (Lipinski definition) is 1. The lowest BCUT2D eigenvalue weighted by molar-refractivity contribution is 0.0550. The van der Waals surface area contributed by atoms with E-state index in [0.717, 1.165) is 0 Å². The number of nitrogens with zero attached hydrogens (tertiary/aromatic N) is 5. The van der Waals surface area contributed by atoms with Crippen molar-refractivity contribution in [2.75, 3.05) is 31.7 Å². The lowest BCUT2D eigenvalue weighted by atomic mass is 10.0. The summed E-state index contributed by atoms with van der Waals surface area (Å²) in [5, 5.41) is 20.7. The molecular formula is C36H36FN5O5. The van der Waals surface area contributed by atoms with Crippen molar-refractivity contribution in [2.24, 2.45) is 0 Å². The standard InChI is InChI=1S/C36H36FN5O5/c1-7-16-41(6)27-20-25(37)19-26-31-32(39-22(2)40-34(31)42(33(26)27)35(44)47-36(3,4)5)24-13-14-29(30(18-24)45-17-15-38)46-21-28(43)23-11-9-8-10-12-23/h7-14,18-20,28,43H,1,16-17,21H2,2-6H3. The zero-order chi connectivity index (χ0) is 33.9. The van der Waals surface area contributed by atoms with Crippen LogP contribution in [-0.2, 0) is 4.74 Å².